The molecule has 0 saturated carbocycles. The number of carbonyl (C=O) groups excluding carboxylic acids is 1. The fraction of sp³-hybridized carbons (Fsp3) is 0.400. The summed E-state index contributed by atoms with van der Waals surface area (Å²) in [5, 5.41) is 12.0. The Balaban J connectivity index is 1.78. The summed E-state index contributed by atoms with van der Waals surface area (Å²) >= 11 is 1.25. The minimum Gasteiger partial charge on any atom is -0.299 e. The molecule has 0 bridgehead atoms. The van der Waals surface area contributed by atoms with Crippen LogP contribution >= 0.6 is 11.3 Å². The van der Waals surface area contributed by atoms with Crippen molar-refractivity contribution in [1.29, 1.82) is 0 Å². The molecule has 1 heterocycles. The first-order valence-electron chi connectivity index (χ1n) is 11.2. The number of anilines is 1. The Morgan fingerprint density at radius 2 is 1.76 bits per heavy atom. The summed E-state index contributed by atoms with van der Waals surface area (Å²) in [5.74, 6) is -0.691. The second kappa shape index (κ2) is 10.3. The monoisotopic (exact) mass is 500 g/mol. The summed E-state index contributed by atoms with van der Waals surface area (Å²) in [6, 6.07) is 13.7. The number of aryl methyl sites for hydroxylation is 1. The Kier molecular flexibility index (Phi) is 7.90. The van der Waals surface area contributed by atoms with E-state index >= 15 is 0 Å². The molecule has 182 valence electrons. The van der Waals surface area contributed by atoms with Crippen LogP contribution in [0.2, 0.25) is 0 Å². The molecule has 3 rings (SSSR count). The van der Waals surface area contributed by atoms with Gasteiger partial charge in [0.15, 0.2) is 0 Å². The third kappa shape index (κ3) is 6.28. The van der Waals surface area contributed by atoms with Crippen molar-refractivity contribution in [2.45, 2.75) is 64.3 Å². The summed E-state index contributed by atoms with van der Waals surface area (Å²) < 4.78 is 28.8. The van der Waals surface area contributed by atoms with E-state index in [0.717, 1.165) is 16.7 Å². The van der Waals surface area contributed by atoms with Gasteiger partial charge in [0.1, 0.15) is 11.0 Å². The molecule has 1 amide bonds. The van der Waals surface area contributed by atoms with Gasteiger partial charge in [0.25, 0.3) is 0 Å². The lowest BCUT2D eigenvalue weighted by Crippen LogP contribution is -2.47. The highest BCUT2D eigenvalue weighted by atomic mass is 32.2. The first kappa shape index (κ1) is 26.0. The second-order valence-corrected chi connectivity index (χ2v) is 12.2. The number of nitrogens with zero attached hydrogens (tertiary/aromatic N) is 2. The van der Waals surface area contributed by atoms with E-state index in [1.807, 2.05) is 45.0 Å². The van der Waals surface area contributed by atoms with Gasteiger partial charge >= 0.3 is 0 Å². The van der Waals surface area contributed by atoms with Crippen molar-refractivity contribution in [2.75, 3.05) is 5.32 Å². The molecule has 0 aliphatic heterocycles. The molecule has 0 spiro atoms. The number of benzene rings is 2. The van der Waals surface area contributed by atoms with Gasteiger partial charge in [-0.3, -0.25) is 10.1 Å². The maximum atomic E-state index is 13.1. The van der Waals surface area contributed by atoms with Crippen molar-refractivity contribution in [3.05, 3.63) is 59.7 Å². The van der Waals surface area contributed by atoms with Crippen LogP contribution in [0.5, 0.6) is 0 Å². The Morgan fingerprint density at radius 3 is 2.35 bits per heavy atom. The van der Waals surface area contributed by atoms with E-state index in [2.05, 4.69) is 41.0 Å². The fourth-order valence-corrected chi connectivity index (χ4v) is 5.43. The quantitative estimate of drug-likeness (QED) is 0.446. The molecule has 2 atom stereocenters. The van der Waals surface area contributed by atoms with Gasteiger partial charge in [-0.1, -0.05) is 88.3 Å². The molecule has 7 nitrogen and oxygen atoms in total. The number of sulfonamides is 1. The van der Waals surface area contributed by atoms with E-state index in [4.69, 9.17) is 0 Å². The van der Waals surface area contributed by atoms with Gasteiger partial charge in [-0.15, -0.1) is 10.2 Å². The summed E-state index contributed by atoms with van der Waals surface area (Å²) in [5.41, 5.74) is 2.95. The molecule has 0 aliphatic rings. The molecular formula is C25H32N4O3S2. The molecule has 0 fully saturated rings. The van der Waals surface area contributed by atoms with Crippen molar-refractivity contribution in [3.63, 3.8) is 0 Å². The molecule has 1 aromatic heterocycles. The number of aromatic nitrogens is 2. The molecular weight excluding hydrogens is 468 g/mol. The highest BCUT2D eigenvalue weighted by Crippen LogP contribution is 2.28. The third-order valence-electron chi connectivity index (χ3n) is 5.73. The van der Waals surface area contributed by atoms with Crippen LogP contribution < -0.4 is 10.0 Å². The largest absolute Gasteiger partial charge is 0.299 e. The van der Waals surface area contributed by atoms with E-state index < -0.39 is 22.0 Å². The van der Waals surface area contributed by atoms with Crippen LogP contribution in [-0.2, 0) is 20.2 Å². The van der Waals surface area contributed by atoms with Gasteiger partial charge in [0.2, 0.25) is 21.1 Å². The summed E-state index contributed by atoms with van der Waals surface area (Å²) in [6.07, 6.45) is 0.619. The first-order valence-corrected chi connectivity index (χ1v) is 13.5. The van der Waals surface area contributed by atoms with E-state index in [1.54, 1.807) is 24.3 Å². The van der Waals surface area contributed by atoms with Crippen molar-refractivity contribution in [1.82, 2.24) is 14.9 Å². The Hall–Kier alpha value is -2.62. The van der Waals surface area contributed by atoms with Gasteiger partial charge < -0.3 is 0 Å². The molecule has 0 saturated heterocycles. The normalized spacial score (nSPS) is 13.9. The predicted octanol–water partition coefficient (Wildman–Crippen LogP) is 5.14. The number of nitrogens with one attached hydrogen (secondary N) is 2. The minimum atomic E-state index is -3.90. The SMILES string of the molecule is CC[C@@H](C)[C@H](NS(=O)(=O)c1ccc(C(C)(C)C)cc1)C(=O)Nc1nnc(-c2cccc(C)c2)s1. The molecule has 0 unspecified atom stereocenters. The van der Waals surface area contributed by atoms with E-state index in [9.17, 15) is 13.2 Å². The van der Waals surface area contributed by atoms with Crippen molar-refractivity contribution < 1.29 is 13.2 Å². The molecule has 34 heavy (non-hydrogen) atoms. The third-order valence-corrected chi connectivity index (χ3v) is 8.07. The van der Waals surface area contributed by atoms with Crippen LogP contribution in [0.15, 0.2) is 53.4 Å². The van der Waals surface area contributed by atoms with Crippen LogP contribution in [0, 0.1) is 12.8 Å². The number of carbonyl (C=O) groups is 1. The van der Waals surface area contributed by atoms with E-state index in [0.29, 0.717) is 16.6 Å². The number of rotatable bonds is 8. The average Bonchev–Trinajstić information content (AvgIpc) is 3.25. The number of hydrogen-bond acceptors (Lipinski definition) is 6. The lowest BCUT2D eigenvalue weighted by molar-refractivity contribution is -0.118. The Labute approximate surface area is 206 Å². The zero-order valence-electron chi connectivity index (χ0n) is 20.4. The fourth-order valence-electron chi connectivity index (χ4n) is 3.38. The maximum absolute atomic E-state index is 13.1. The molecule has 9 heteroatoms. The smallest absolute Gasteiger partial charge is 0.244 e. The van der Waals surface area contributed by atoms with Crippen LogP contribution in [-0.4, -0.2) is 30.6 Å². The topological polar surface area (TPSA) is 101 Å². The minimum absolute atomic E-state index is 0.0894. The Morgan fingerprint density at radius 1 is 1.09 bits per heavy atom. The zero-order chi connectivity index (χ0) is 25.1. The van der Waals surface area contributed by atoms with Crippen molar-refractivity contribution >= 4 is 32.4 Å². The second-order valence-electron chi connectivity index (χ2n) is 9.53. The summed E-state index contributed by atoms with van der Waals surface area (Å²) in [4.78, 5) is 13.2. The summed E-state index contributed by atoms with van der Waals surface area (Å²) in [7, 11) is -3.90. The summed E-state index contributed by atoms with van der Waals surface area (Å²) in [6.45, 7) is 11.9. The average molecular weight is 501 g/mol. The zero-order valence-corrected chi connectivity index (χ0v) is 22.0. The molecule has 2 aromatic carbocycles. The van der Waals surface area contributed by atoms with Crippen LogP contribution in [0.4, 0.5) is 5.13 Å². The van der Waals surface area contributed by atoms with Crippen LogP contribution in [0.1, 0.15) is 52.2 Å². The molecule has 2 N–H and O–H groups in total. The number of amides is 1. The highest BCUT2D eigenvalue weighted by Gasteiger charge is 2.30. The first-order chi connectivity index (χ1) is 15.9. The van der Waals surface area contributed by atoms with Crippen LogP contribution in [0.25, 0.3) is 10.6 Å². The van der Waals surface area contributed by atoms with Gasteiger partial charge in [0, 0.05) is 5.56 Å². The standard InChI is InChI=1S/C25H32N4O3S2/c1-7-17(3)21(29-34(31,32)20-13-11-19(12-14-20)25(4,5)6)22(30)26-24-28-27-23(33-24)18-10-8-9-16(2)15-18/h8-15,17,21,29H,7H2,1-6H3,(H,26,28,30)/t17-,21+/m1/s1. The van der Waals surface area contributed by atoms with Gasteiger partial charge in [-0.05, 0) is 42.0 Å². The maximum Gasteiger partial charge on any atom is 0.244 e. The number of hydrogen-bond donors (Lipinski definition) is 2. The van der Waals surface area contributed by atoms with Crippen molar-refractivity contribution in [2.24, 2.45) is 5.92 Å². The molecule has 3 aromatic rings. The van der Waals surface area contributed by atoms with Gasteiger partial charge in [0.05, 0.1) is 4.90 Å². The van der Waals surface area contributed by atoms with E-state index in [1.165, 1.54) is 11.3 Å². The predicted molar refractivity (Wildman–Crippen MR) is 137 cm³/mol. The van der Waals surface area contributed by atoms with E-state index in [-0.39, 0.29) is 16.2 Å². The molecule has 0 radical (unpaired) electrons. The van der Waals surface area contributed by atoms with Crippen LogP contribution in [0.3, 0.4) is 0 Å². The van der Waals surface area contributed by atoms with Crippen molar-refractivity contribution in [3.8, 4) is 10.6 Å². The van der Waals surface area contributed by atoms with Gasteiger partial charge in [-0.2, -0.15) is 4.72 Å². The Bertz CT molecular complexity index is 1250. The molecule has 0 aliphatic carbocycles. The lowest BCUT2D eigenvalue weighted by atomic mass is 9.87. The lowest BCUT2D eigenvalue weighted by Gasteiger charge is -2.23. The highest BCUT2D eigenvalue weighted by molar-refractivity contribution is 7.89. The van der Waals surface area contributed by atoms with Gasteiger partial charge in [-0.25, -0.2) is 8.42 Å².